The molecule has 1 nitrogen and oxygen atoms in total. The summed E-state index contributed by atoms with van der Waals surface area (Å²) >= 11 is 0. The molecule has 15 heavy (non-hydrogen) atoms. The summed E-state index contributed by atoms with van der Waals surface area (Å²) in [7, 11) is -1.13. The maximum Gasteiger partial charge on any atom is 0.145 e. The molecule has 0 amide bonds. The number of carbonyl (C=O) groups is 1. The number of aldehydes is 1. The Kier molecular flexibility index (Phi) is 4.32. The lowest BCUT2D eigenvalue weighted by Gasteiger charge is -2.24. The number of carbonyl (C=O) groups excluding carboxylic acids is 1. The molecule has 0 aromatic heterocycles. The normalized spacial score (nSPS) is 22.7. The highest BCUT2D eigenvalue weighted by molar-refractivity contribution is 6.77. The molecule has 2 heteroatoms. The van der Waals surface area contributed by atoms with E-state index in [-0.39, 0.29) is 0 Å². The molecule has 1 aliphatic carbocycles. The number of allylic oxidation sites excluding steroid dienone is 2. The van der Waals surface area contributed by atoms with E-state index in [0.717, 1.165) is 23.8 Å². The van der Waals surface area contributed by atoms with Crippen molar-refractivity contribution in [2.45, 2.75) is 58.3 Å². The predicted molar refractivity (Wildman–Crippen MR) is 68.9 cm³/mol. The molecule has 1 aliphatic rings. The molecule has 0 aromatic rings. The molecule has 1 rings (SSSR count). The SMILES string of the molecule is CC1CCC(=C(C=O)C[Si](C)(C)C)CC1. The summed E-state index contributed by atoms with van der Waals surface area (Å²) in [5.41, 5.74) is 2.60. The van der Waals surface area contributed by atoms with E-state index in [1.54, 1.807) is 0 Å². The van der Waals surface area contributed by atoms with Crippen molar-refractivity contribution < 1.29 is 4.79 Å². The lowest BCUT2D eigenvalue weighted by atomic mass is 9.85. The van der Waals surface area contributed by atoms with E-state index in [9.17, 15) is 4.79 Å². The van der Waals surface area contributed by atoms with Gasteiger partial charge in [-0.2, -0.15) is 0 Å². The molecule has 0 heterocycles. The van der Waals surface area contributed by atoms with Gasteiger partial charge >= 0.3 is 0 Å². The van der Waals surface area contributed by atoms with Crippen LogP contribution in [0.3, 0.4) is 0 Å². The maximum absolute atomic E-state index is 11.1. The summed E-state index contributed by atoms with van der Waals surface area (Å²) in [4.78, 5) is 11.1. The van der Waals surface area contributed by atoms with E-state index in [2.05, 4.69) is 26.6 Å². The highest BCUT2D eigenvalue weighted by Crippen LogP contribution is 2.31. The van der Waals surface area contributed by atoms with Crippen molar-refractivity contribution in [1.82, 2.24) is 0 Å². The summed E-state index contributed by atoms with van der Waals surface area (Å²) in [6.45, 7) is 9.32. The van der Waals surface area contributed by atoms with Crippen LogP contribution in [-0.4, -0.2) is 14.4 Å². The number of hydrogen-bond acceptors (Lipinski definition) is 1. The van der Waals surface area contributed by atoms with Gasteiger partial charge in [-0.3, -0.25) is 4.79 Å². The zero-order valence-electron chi connectivity index (χ0n) is 10.6. The van der Waals surface area contributed by atoms with Crippen LogP contribution in [0.4, 0.5) is 0 Å². The average Bonchev–Trinajstić information content (AvgIpc) is 2.14. The smallest absolute Gasteiger partial charge is 0.145 e. The molecule has 0 spiro atoms. The van der Waals surface area contributed by atoms with Crippen molar-refractivity contribution in [3.05, 3.63) is 11.1 Å². The van der Waals surface area contributed by atoms with Crippen molar-refractivity contribution in [2.24, 2.45) is 5.92 Å². The molecular weight excluding hydrogens is 200 g/mol. The summed E-state index contributed by atoms with van der Waals surface area (Å²) < 4.78 is 0. The second kappa shape index (κ2) is 5.11. The van der Waals surface area contributed by atoms with E-state index >= 15 is 0 Å². The molecule has 0 radical (unpaired) electrons. The molecule has 1 fully saturated rings. The van der Waals surface area contributed by atoms with E-state index in [1.807, 2.05) is 0 Å². The van der Waals surface area contributed by atoms with Crippen molar-refractivity contribution in [1.29, 1.82) is 0 Å². The van der Waals surface area contributed by atoms with Crippen LogP contribution in [0, 0.1) is 5.92 Å². The largest absolute Gasteiger partial charge is 0.298 e. The van der Waals surface area contributed by atoms with Crippen molar-refractivity contribution in [3.63, 3.8) is 0 Å². The van der Waals surface area contributed by atoms with Gasteiger partial charge in [-0.15, -0.1) is 0 Å². The van der Waals surface area contributed by atoms with Crippen molar-refractivity contribution >= 4 is 14.4 Å². The lowest BCUT2D eigenvalue weighted by molar-refractivity contribution is -0.104. The third-order valence-corrected chi connectivity index (χ3v) is 4.64. The Hall–Kier alpha value is -0.373. The highest BCUT2D eigenvalue weighted by atomic mass is 28.3. The van der Waals surface area contributed by atoms with E-state index in [1.165, 1.54) is 31.3 Å². The number of rotatable bonds is 3. The van der Waals surface area contributed by atoms with Crippen LogP contribution in [-0.2, 0) is 4.79 Å². The quantitative estimate of drug-likeness (QED) is 0.402. The molecule has 0 aliphatic heterocycles. The summed E-state index contributed by atoms with van der Waals surface area (Å²) in [5, 5.41) is 0. The summed E-state index contributed by atoms with van der Waals surface area (Å²) in [5.74, 6) is 0.855. The van der Waals surface area contributed by atoms with Crippen LogP contribution in [0.1, 0.15) is 32.6 Å². The minimum absolute atomic E-state index is 0.855. The molecule has 0 N–H and O–H groups in total. The summed E-state index contributed by atoms with van der Waals surface area (Å²) in [6, 6.07) is 1.07. The molecule has 0 saturated heterocycles. The van der Waals surface area contributed by atoms with Crippen molar-refractivity contribution in [3.8, 4) is 0 Å². The Balaban J connectivity index is 2.71. The standard InChI is InChI=1S/C13H24OSi/c1-11-5-7-12(8-6-11)13(9-14)10-15(2,3)4/h9,11H,5-8,10H2,1-4H3. The fourth-order valence-electron chi connectivity index (χ4n) is 2.25. The Morgan fingerprint density at radius 2 is 1.87 bits per heavy atom. The van der Waals surface area contributed by atoms with Gasteiger partial charge < -0.3 is 0 Å². The highest BCUT2D eigenvalue weighted by Gasteiger charge is 2.20. The lowest BCUT2D eigenvalue weighted by Crippen LogP contribution is -2.21. The van der Waals surface area contributed by atoms with Crippen LogP contribution < -0.4 is 0 Å². The van der Waals surface area contributed by atoms with E-state index < -0.39 is 8.07 Å². The molecule has 0 atom stereocenters. The van der Waals surface area contributed by atoms with Gasteiger partial charge in [0.25, 0.3) is 0 Å². The Morgan fingerprint density at radius 3 is 2.27 bits per heavy atom. The van der Waals surface area contributed by atoms with Gasteiger partial charge in [0.05, 0.1) is 0 Å². The van der Waals surface area contributed by atoms with Gasteiger partial charge in [0.1, 0.15) is 6.29 Å². The van der Waals surface area contributed by atoms with Crippen molar-refractivity contribution in [2.75, 3.05) is 0 Å². The first kappa shape index (κ1) is 12.7. The van der Waals surface area contributed by atoms with Crippen LogP contribution >= 0.6 is 0 Å². The zero-order valence-corrected chi connectivity index (χ0v) is 11.6. The molecule has 1 saturated carbocycles. The first-order chi connectivity index (χ1) is 6.92. The topological polar surface area (TPSA) is 17.1 Å². The summed E-state index contributed by atoms with van der Waals surface area (Å²) in [6.07, 6.45) is 6.01. The molecule has 86 valence electrons. The third kappa shape index (κ3) is 4.33. The van der Waals surface area contributed by atoms with Crippen LogP contribution in [0.2, 0.25) is 25.7 Å². The average molecular weight is 224 g/mol. The maximum atomic E-state index is 11.1. The zero-order chi connectivity index (χ0) is 11.5. The first-order valence-electron chi connectivity index (χ1n) is 6.08. The monoisotopic (exact) mass is 224 g/mol. The molecule has 0 unspecified atom stereocenters. The van der Waals surface area contributed by atoms with Gasteiger partial charge in [0, 0.05) is 8.07 Å². The fraction of sp³-hybridized carbons (Fsp3) is 0.769. The van der Waals surface area contributed by atoms with Gasteiger partial charge in [-0.1, -0.05) is 32.1 Å². The molecular formula is C13H24OSi. The first-order valence-corrected chi connectivity index (χ1v) is 9.79. The molecule has 0 aromatic carbocycles. The minimum Gasteiger partial charge on any atom is -0.298 e. The van der Waals surface area contributed by atoms with E-state index in [4.69, 9.17) is 0 Å². The van der Waals surface area contributed by atoms with Crippen LogP contribution in [0.15, 0.2) is 11.1 Å². The molecule has 0 bridgehead atoms. The van der Waals surface area contributed by atoms with Gasteiger partial charge in [-0.25, -0.2) is 0 Å². The van der Waals surface area contributed by atoms with Crippen LogP contribution in [0.25, 0.3) is 0 Å². The van der Waals surface area contributed by atoms with Gasteiger partial charge in [0.15, 0.2) is 0 Å². The van der Waals surface area contributed by atoms with E-state index in [0.29, 0.717) is 0 Å². The Morgan fingerprint density at radius 1 is 1.33 bits per heavy atom. The van der Waals surface area contributed by atoms with Gasteiger partial charge in [0.2, 0.25) is 0 Å². The second-order valence-corrected chi connectivity index (χ2v) is 11.6. The van der Waals surface area contributed by atoms with Gasteiger partial charge in [-0.05, 0) is 43.2 Å². The minimum atomic E-state index is -1.13. The predicted octanol–water partition coefficient (Wildman–Crippen LogP) is 4.03. The number of hydrogen-bond donors (Lipinski definition) is 0. The Labute approximate surface area is 95.0 Å². The third-order valence-electron chi connectivity index (χ3n) is 3.19. The fourth-order valence-corrected chi connectivity index (χ4v) is 3.73. The second-order valence-electron chi connectivity index (χ2n) is 6.17. The Bertz CT molecular complexity index is 250. The van der Waals surface area contributed by atoms with Crippen LogP contribution in [0.5, 0.6) is 0 Å².